The number of pyridine rings is 1. The van der Waals surface area contributed by atoms with E-state index in [1.807, 2.05) is 0 Å². The van der Waals surface area contributed by atoms with Crippen molar-refractivity contribution < 1.29 is 0 Å². The fraction of sp³-hybridized carbons (Fsp3) is 0.643. The smallest absolute Gasteiger partial charge is 0.131 e. The van der Waals surface area contributed by atoms with Crippen LogP contribution in [-0.2, 0) is 12.8 Å². The predicted octanol–water partition coefficient (Wildman–Crippen LogP) is 3.36. The molecule has 2 nitrogen and oxygen atoms in total. The van der Waals surface area contributed by atoms with Gasteiger partial charge in [-0.05, 0) is 43.4 Å². The molecule has 1 aromatic rings. The zero-order valence-electron chi connectivity index (χ0n) is 11.3. The highest BCUT2D eigenvalue weighted by atomic mass is 15.1. The zero-order chi connectivity index (χ0) is 12.1. The molecule has 0 saturated heterocycles. The molecule has 0 aliphatic heterocycles. The summed E-state index contributed by atoms with van der Waals surface area (Å²) in [7, 11) is 4.15. The maximum Gasteiger partial charge on any atom is 0.131 e. The van der Waals surface area contributed by atoms with Crippen molar-refractivity contribution in [1.82, 2.24) is 4.98 Å². The van der Waals surface area contributed by atoms with E-state index >= 15 is 0 Å². The molecule has 0 radical (unpaired) electrons. The molecule has 0 amide bonds. The van der Waals surface area contributed by atoms with E-state index < -0.39 is 0 Å². The lowest BCUT2D eigenvalue weighted by molar-refractivity contribution is 0.772. The second-order valence-corrected chi connectivity index (χ2v) is 4.58. The highest BCUT2D eigenvalue weighted by molar-refractivity contribution is 5.50. The Morgan fingerprint density at radius 2 is 1.94 bits per heavy atom. The minimum atomic E-state index is 1.06. The van der Waals surface area contributed by atoms with Crippen molar-refractivity contribution in [2.75, 3.05) is 19.0 Å². The van der Waals surface area contributed by atoms with Crippen LogP contribution < -0.4 is 4.90 Å². The lowest BCUT2D eigenvalue weighted by atomic mass is 10.0. The average Bonchev–Trinajstić information content (AvgIpc) is 2.25. The molecule has 0 bridgehead atoms. The summed E-state index contributed by atoms with van der Waals surface area (Å²) < 4.78 is 0. The number of aromatic nitrogens is 1. The summed E-state index contributed by atoms with van der Waals surface area (Å²) in [6.45, 7) is 6.62. The van der Waals surface area contributed by atoms with Gasteiger partial charge in [-0.2, -0.15) is 0 Å². The van der Waals surface area contributed by atoms with Gasteiger partial charge in [-0.1, -0.05) is 20.3 Å². The lowest BCUT2D eigenvalue weighted by Crippen LogP contribution is -2.15. The molecule has 0 fully saturated rings. The SMILES string of the molecule is CCCCc1cc(C)c(CC)c(N(C)C)n1. The molecule has 0 aliphatic rings. The fourth-order valence-corrected chi connectivity index (χ4v) is 2.04. The topological polar surface area (TPSA) is 16.1 Å². The van der Waals surface area contributed by atoms with Crippen molar-refractivity contribution in [3.63, 3.8) is 0 Å². The molecule has 2 heteroatoms. The molecular weight excluding hydrogens is 196 g/mol. The van der Waals surface area contributed by atoms with Gasteiger partial charge in [-0.25, -0.2) is 4.98 Å². The molecule has 1 aromatic heterocycles. The van der Waals surface area contributed by atoms with Crippen LogP contribution >= 0.6 is 0 Å². The Balaban J connectivity index is 3.07. The van der Waals surface area contributed by atoms with Crippen LogP contribution in [-0.4, -0.2) is 19.1 Å². The third-order valence-electron chi connectivity index (χ3n) is 2.94. The van der Waals surface area contributed by atoms with Crippen LogP contribution in [0.4, 0.5) is 5.82 Å². The minimum Gasteiger partial charge on any atom is -0.363 e. The van der Waals surface area contributed by atoms with Gasteiger partial charge in [-0.3, -0.25) is 0 Å². The normalized spacial score (nSPS) is 10.6. The highest BCUT2D eigenvalue weighted by Gasteiger charge is 2.09. The van der Waals surface area contributed by atoms with E-state index in [0.29, 0.717) is 0 Å². The summed E-state index contributed by atoms with van der Waals surface area (Å²) in [6.07, 6.45) is 4.61. The number of hydrogen-bond acceptors (Lipinski definition) is 2. The first-order chi connectivity index (χ1) is 7.60. The molecule has 0 unspecified atom stereocenters. The highest BCUT2D eigenvalue weighted by Crippen LogP contribution is 2.22. The van der Waals surface area contributed by atoms with Crippen LogP contribution in [0.2, 0.25) is 0 Å². The summed E-state index contributed by atoms with van der Waals surface area (Å²) >= 11 is 0. The minimum absolute atomic E-state index is 1.06. The van der Waals surface area contributed by atoms with E-state index in [0.717, 1.165) is 18.7 Å². The Labute approximate surface area is 99.7 Å². The molecule has 0 atom stereocenters. The second-order valence-electron chi connectivity index (χ2n) is 4.58. The van der Waals surface area contributed by atoms with Crippen molar-refractivity contribution in [3.05, 3.63) is 22.9 Å². The van der Waals surface area contributed by atoms with E-state index in [-0.39, 0.29) is 0 Å². The van der Waals surface area contributed by atoms with Gasteiger partial charge in [0.1, 0.15) is 5.82 Å². The largest absolute Gasteiger partial charge is 0.363 e. The number of rotatable bonds is 5. The first-order valence-electron chi connectivity index (χ1n) is 6.26. The monoisotopic (exact) mass is 220 g/mol. The van der Waals surface area contributed by atoms with Crippen LogP contribution in [0.3, 0.4) is 0 Å². The molecule has 0 saturated carbocycles. The summed E-state index contributed by atoms with van der Waals surface area (Å²) in [6, 6.07) is 2.25. The maximum atomic E-state index is 4.77. The van der Waals surface area contributed by atoms with Gasteiger partial charge in [0.2, 0.25) is 0 Å². The molecule has 0 N–H and O–H groups in total. The van der Waals surface area contributed by atoms with Gasteiger partial charge in [-0.15, -0.1) is 0 Å². The Bertz CT molecular complexity index is 343. The Morgan fingerprint density at radius 3 is 2.44 bits per heavy atom. The number of aryl methyl sites for hydroxylation is 2. The zero-order valence-corrected chi connectivity index (χ0v) is 11.3. The molecule has 16 heavy (non-hydrogen) atoms. The average molecular weight is 220 g/mol. The van der Waals surface area contributed by atoms with E-state index in [9.17, 15) is 0 Å². The van der Waals surface area contributed by atoms with E-state index in [1.54, 1.807) is 0 Å². The first-order valence-corrected chi connectivity index (χ1v) is 6.26. The molecule has 1 heterocycles. The summed E-state index contributed by atoms with van der Waals surface area (Å²) in [5.41, 5.74) is 4.00. The van der Waals surface area contributed by atoms with E-state index in [4.69, 9.17) is 4.98 Å². The number of nitrogens with zero attached hydrogens (tertiary/aromatic N) is 2. The van der Waals surface area contributed by atoms with Crippen molar-refractivity contribution >= 4 is 5.82 Å². The van der Waals surface area contributed by atoms with Crippen molar-refractivity contribution in [2.45, 2.75) is 46.5 Å². The van der Waals surface area contributed by atoms with Crippen molar-refractivity contribution in [1.29, 1.82) is 0 Å². The predicted molar refractivity (Wildman–Crippen MR) is 71.3 cm³/mol. The lowest BCUT2D eigenvalue weighted by Gasteiger charge is -2.19. The Hall–Kier alpha value is -1.05. The Morgan fingerprint density at radius 1 is 1.25 bits per heavy atom. The molecule has 90 valence electrons. The molecule has 0 spiro atoms. The second kappa shape index (κ2) is 5.88. The molecular formula is C14H24N2. The third kappa shape index (κ3) is 2.97. The van der Waals surface area contributed by atoms with Gasteiger partial charge in [0.25, 0.3) is 0 Å². The van der Waals surface area contributed by atoms with Gasteiger partial charge in [0.05, 0.1) is 0 Å². The van der Waals surface area contributed by atoms with Gasteiger partial charge in [0, 0.05) is 19.8 Å². The van der Waals surface area contributed by atoms with Crippen molar-refractivity contribution in [2.24, 2.45) is 0 Å². The van der Waals surface area contributed by atoms with Gasteiger partial charge >= 0.3 is 0 Å². The number of unbranched alkanes of at least 4 members (excludes halogenated alkanes) is 1. The van der Waals surface area contributed by atoms with Crippen LogP contribution in [0.25, 0.3) is 0 Å². The molecule has 0 aliphatic carbocycles. The quantitative estimate of drug-likeness (QED) is 0.756. The summed E-state index contributed by atoms with van der Waals surface area (Å²) in [4.78, 5) is 6.89. The van der Waals surface area contributed by atoms with E-state index in [1.165, 1.54) is 29.7 Å². The van der Waals surface area contributed by atoms with Crippen LogP contribution in [0.15, 0.2) is 6.07 Å². The number of hydrogen-bond donors (Lipinski definition) is 0. The summed E-state index contributed by atoms with van der Waals surface area (Å²) in [5, 5.41) is 0. The number of anilines is 1. The van der Waals surface area contributed by atoms with Gasteiger partial charge < -0.3 is 4.90 Å². The van der Waals surface area contributed by atoms with E-state index in [2.05, 4.69) is 45.8 Å². The van der Waals surface area contributed by atoms with Crippen molar-refractivity contribution in [3.8, 4) is 0 Å². The maximum absolute atomic E-state index is 4.77. The van der Waals surface area contributed by atoms with Crippen LogP contribution in [0.1, 0.15) is 43.5 Å². The Kier molecular flexibility index (Phi) is 4.78. The fourth-order valence-electron chi connectivity index (χ4n) is 2.04. The third-order valence-corrected chi connectivity index (χ3v) is 2.94. The molecule has 1 rings (SSSR count). The standard InChI is InChI=1S/C14H24N2/c1-6-8-9-12-10-11(3)13(7-2)14(15-12)16(4)5/h10H,6-9H2,1-5H3. The van der Waals surface area contributed by atoms with Gasteiger partial charge in [0.15, 0.2) is 0 Å². The van der Waals surface area contributed by atoms with Crippen LogP contribution in [0, 0.1) is 6.92 Å². The van der Waals surface area contributed by atoms with Crippen LogP contribution in [0.5, 0.6) is 0 Å². The molecule has 0 aromatic carbocycles. The first kappa shape index (κ1) is 13.0. The summed E-state index contributed by atoms with van der Waals surface area (Å²) in [5.74, 6) is 1.15.